The standard InChI is InChI=1S/C7H14O6/c1-3(9)5(11)7(13)6(12)4(10)2-8/h3,5-9,11-13H,2H2,1H3/t3-,5-,6+,7+/m0/s1. The highest BCUT2D eigenvalue weighted by atomic mass is 16.4. The second-order valence-corrected chi connectivity index (χ2v) is 2.79. The zero-order valence-electron chi connectivity index (χ0n) is 7.16. The molecule has 6 nitrogen and oxygen atoms in total. The average molecular weight is 194 g/mol. The Hall–Kier alpha value is -0.530. The SMILES string of the molecule is C[C@H](O)[C@H](O)[C@@H](O)[C@H](O)C(=O)CO. The van der Waals surface area contributed by atoms with Crippen molar-refractivity contribution in [1.82, 2.24) is 0 Å². The van der Waals surface area contributed by atoms with Gasteiger partial charge in [-0.05, 0) is 6.92 Å². The summed E-state index contributed by atoms with van der Waals surface area (Å²) >= 11 is 0. The fourth-order valence-corrected chi connectivity index (χ4v) is 0.756. The molecule has 0 aliphatic carbocycles. The van der Waals surface area contributed by atoms with Crippen LogP contribution < -0.4 is 0 Å². The molecule has 0 rings (SSSR count). The largest absolute Gasteiger partial charge is 0.391 e. The van der Waals surface area contributed by atoms with Crippen molar-refractivity contribution in [3.8, 4) is 0 Å². The topological polar surface area (TPSA) is 118 Å². The first-order valence-electron chi connectivity index (χ1n) is 3.77. The molecule has 6 heteroatoms. The molecule has 0 spiro atoms. The van der Waals surface area contributed by atoms with E-state index in [9.17, 15) is 4.79 Å². The number of hydrogen-bond donors (Lipinski definition) is 5. The molecular formula is C7H14O6. The highest BCUT2D eigenvalue weighted by Gasteiger charge is 2.31. The smallest absolute Gasteiger partial charge is 0.189 e. The van der Waals surface area contributed by atoms with Gasteiger partial charge in [0.25, 0.3) is 0 Å². The van der Waals surface area contributed by atoms with Crippen molar-refractivity contribution in [2.75, 3.05) is 6.61 Å². The van der Waals surface area contributed by atoms with Crippen LogP contribution in [0.2, 0.25) is 0 Å². The van der Waals surface area contributed by atoms with Crippen LogP contribution in [0.1, 0.15) is 6.92 Å². The summed E-state index contributed by atoms with van der Waals surface area (Å²) in [6.07, 6.45) is -6.56. The first-order valence-corrected chi connectivity index (χ1v) is 3.77. The van der Waals surface area contributed by atoms with E-state index in [0.717, 1.165) is 0 Å². The van der Waals surface area contributed by atoms with Gasteiger partial charge in [-0.1, -0.05) is 0 Å². The van der Waals surface area contributed by atoms with Crippen molar-refractivity contribution >= 4 is 5.78 Å². The van der Waals surface area contributed by atoms with Crippen LogP contribution in [0.4, 0.5) is 0 Å². The van der Waals surface area contributed by atoms with Crippen molar-refractivity contribution in [1.29, 1.82) is 0 Å². The number of aliphatic hydroxyl groups is 5. The van der Waals surface area contributed by atoms with Gasteiger partial charge >= 0.3 is 0 Å². The number of ketones is 1. The van der Waals surface area contributed by atoms with Crippen molar-refractivity contribution in [3.63, 3.8) is 0 Å². The second-order valence-electron chi connectivity index (χ2n) is 2.79. The summed E-state index contributed by atoms with van der Waals surface area (Å²) in [5.74, 6) is -1.01. The molecule has 0 aliphatic rings. The molecule has 0 aromatic carbocycles. The molecule has 0 radical (unpaired) electrons. The minimum atomic E-state index is -1.88. The number of Topliss-reactive ketones (excluding diaryl/α,β-unsaturated/α-hetero) is 1. The third kappa shape index (κ3) is 3.37. The number of carbonyl (C=O) groups excluding carboxylic acids is 1. The molecule has 0 fully saturated rings. The molecule has 5 N–H and O–H groups in total. The molecule has 0 unspecified atom stereocenters. The molecule has 0 bridgehead atoms. The van der Waals surface area contributed by atoms with Gasteiger partial charge in [0.2, 0.25) is 0 Å². The van der Waals surface area contributed by atoms with Crippen molar-refractivity contribution in [2.45, 2.75) is 31.3 Å². The van der Waals surface area contributed by atoms with E-state index in [4.69, 9.17) is 25.5 Å². The maximum Gasteiger partial charge on any atom is 0.189 e. The first kappa shape index (κ1) is 12.5. The van der Waals surface area contributed by atoms with Gasteiger partial charge in [0, 0.05) is 0 Å². The Kier molecular flexibility index (Phi) is 5.04. The van der Waals surface area contributed by atoms with Gasteiger partial charge in [0.1, 0.15) is 24.9 Å². The van der Waals surface area contributed by atoms with E-state index in [1.54, 1.807) is 0 Å². The van der Waals surface area contributed by atoms with Crippen LogP contribution >= 0.6 is 0 Å². The Bertz CT molecular complexity index is 168. The predicted molar refractivity (Wildman–Crippen MR) is 41.8 cm³/mol. The maximum atomic E-state index is 10.6. The molecule has 0 heterocycles. The lowest BCUT2D eigenvalue weighted by molar-refractivity contribution is -0.146. The molecule has 0 saturated carbocycles. The number of hydrogen-bond acceptors (Lipinski definition) is 6. The summed E-state index contributed by atoms with van der Waals surface area (Å²) in [4.78, 5) is 10.6. The Labute approximate surface area is 75.1 Å². The molecule has 13 heavy (non-hydrogen) atoms. The van der Waals surface area contributed by atoms with Gasteiger partial charge in [-0.2, -0.15) is 0 Å². The van der Waals surface area contributed by atoms with Gasteiger partial charge in [0.05, 0.1) is 6.10 Å². The molecular weight excluding hydrogens is 180 g/mol. The van der Waals surface area contributed by atoms with Crippen LogP contribution in [0.25, 0.3) is 0 Å². The summed E-state index contributed by atoms with van der Waals surface area (Å²) in [6.45, 7) is 0.273. The summed E-state index contributed by atoms with van der Waals surface area (Å²) in [5, 5.41) is 44.2. The summed E-state index contributed by atoms with van der Waals surface area (Å²) < 4.78 is 0. The second kappa shape index (κ2) is 5.25. The summed E-state index contributed by atoms with van der Waals surface area (Å²) in [5.41, 5.74) is 0. The van der Waals surface area contributed by atoms with Gasteiger partial charge in [-0.25, -0.2) is 0 Å². The van der Waals surface area contributed by atoms with Gasteiger partial charge < -0.3 is 25.5 Å². The van der Waals surface area contributed by atoms with Crippen LogP contribution in [-0.4, -0.2) is 62.3 Å². The highest BCUT2D eigenvalue weighted by molar-refractivity contribution is 5.84. The maximum absolute atomic E-state index is 10.6. The fraction of sp³-hybridized carbons (Fsp3) is 0.857. The van der Waals surface area contributed by atoms with Crippen LogP contribution in [-0.2, 0) is 4.79 Å². The lowest BCUT2D eigenvalue weighted by Gasteiger charge is -2.23. The zero-order valence-corrected chi connectivity index (χ0v) is 7.16. The Morgan fingerprint density at radius 1 is 1.15 bits per heavy atom. The van der Waals surface area contributed by atoms with E-state index in [1.165, 1.54) is 6.92 Å². The van der Waals surface area contributed by atoms with E-state index >= 15 is 0 Å². The van der Waals surface area contributed by atoms with E-state index in [2.05, 4.69) is 0 Å². The van der Waals surface area contributed by atoms with Crippen molar-refractivity contribution < 1.29 is 30.3 Å². The van der Waals surface area contributed by atoms with E-state index in [0.29, 0.717) is 0 Å². The molecule has 0 amide bonds. The average Bonchev–Trinajstić information content (AvgIpc) is 2.12. The monoisotopic (exact) mass is 194 g/mol. The lowest BCUT2D eigenvalue weighted by atomic mass is 10.0. The van der Waals surface area contributed by atoms with Crippen LogP contribution in [0.3, 0.4) is 0 Å². The summed E-state index contributed by atoms with van der Waals surface area (Å²) in [7, 11) is 0. The van der Waals surface area contributed by atoms with E-state index in [1.807, 2.05) is 0 Å². The molecule has 4 atom stereocenters. The normalized spacial score (nSPS) is 20.5. The highest BCUT2D eigenvalue weighted by Crippen LogP contribution is 2.05. The minimum Gasteiger partial charge on any atom is -0.391 e. The lowest BCUT2D eigenvalue weighted by Crippen LogP contribution is -2.47. The van der Waals surface area contributed by atoms with Crippen molar-refractivity contribution in [3.05, 3.63) is 0 Å². The van der Waals surface area contributed by atoms with Crippen LogP contribution in [0.5, 0.6) is 0 Å². The number of rotatable bonds is 5. The predicted octanol–water partition coefficient (Wildman–Crippen LogP) is -2.99. The third-order valence-corrected chi connectivity index (χ3v) is 1.65. The number of carbonyl (C=O) groups is 1. The summed E-state index contributed by atoms with van der Waals surface area (Å²) in [6, 6.07) is 0. The Balaban J connectivity index is 4.24. The Morgan fingerprint density at radius 3 is 1.92 bits per heavy atom. The third-order valence-electron chi connectivity index (χ3n) is 1.65. The van der Waals surface area contributed by atoms with E-state index < -0.39 is 36.8 Å². The van der Waals surface area contributed by atoms with E-state index in [-0.39, 0.29) is 0 Å². The van der Waals surface area contributed by atoms with Gasteiger partial charge in [0.15, 0.2) is 5.78 Å². The fourth-order valence-electron chi connectivity index (χ4n) is 0.756. The molecule has 0 aromatic rings. The number of aliphatic hydroxyl groups excluding tert-OH is 5. The quantitative estimate of drug-likeness (QED) is 0.318. The van der Waals surface area contributed by atoms with Crippen LogP contribution in [0.15, 0.2) is 0 Å². The molecule has 0 aromatic heterocycles. The Morgan fingerprint density at radius 2 is 1.62 bits per heavy atom. The van der Waals surface area contributed by atoms with Crippen molar-refractivity contribution in [2.24, 2.45) is 0 Å². The van der Waals surface area contributed by atoms with Gasteiger partial charge in [-0.3, -0.25) is 4.79 Å². The van der Waals surface area contributed by atoms with Crippen LogP contribution in [0, 0.1) is 0 Å². The van der Waals surface area contributed by atoms with Gasteiger partial charge in [-0.15, -0.1) is 0 Å². The molecule has 78 valence electrons. The zero-order chi connectivity index (χ0) is 10.6. The molecule has 0 aliphatic heterocycles. The first-order chi connectivity index (χ1) is 5.91. The molecule has 0 saturated heterocycles. The minimum absolute atomic E-state index is 0.926.